The molecule has 104 valence electrons. The van der Waals surface area contributed by atoms with Gasteiger partial charge in [-0.3, -0.25) is 4.31 Å². The first kappa shape index (κ1) is 12.9. The molecule has 0 bridgehead atoms. The van der Waals surface area contributed by atoms with Gasteiger partial charge < -0.3 is 4.74 Å². The molecule has 7 nitrogen and oxygen atoms in total. The van der Waals surface area contributed by atoms with Gasteiger partial charge in [0, 0.05) is 20.3 Å². The Hall–Kier alpha value is -1.12. The van der Waals surface area contributed by atoms with Crippen molar-refractivity contribution in [2.75, 3.05) is 28.9 Å². The fourth-order valence-electron chi connectivity index (χ4n) is 2.38. The Morgan fingerprint density at radius 2 is 2.11 bits per heavy atom. The predicted molar refractivity (Wildman–Crippen MR) is 70.7 cm³/mol. The minimum atomic E-state index is -3.59. The van der Waals surface area contributed by atoms with Crippen molar-refractivity contribution >= 4 is 33.3 Å². The highest BCUT2D eigenvalue weighted by atomic mass is 35.5. The van der Waals surface area contributed by atoms with Crippen molar-refractivity contribution < 1.29 is 13.2 Å². The molecule has 0 aliphatic carbocycles. The van der Waals surface area contributed by atoms with Gasteiger partial charge in [0.2, 0.25) is 5.28 Å². The maximum atomic E-state index is 12.5. The highest BCUT2D eigenvalue weighted by molar-refractivity contribution is 7.94. The topological polar surface area (TPSA) is 75.6 Å². The molecule has 0 N–H and O–H groups in total. The smallest absolute Gasteiger partial charge is 0.327 e. The molecule has 2 aliphatic heterocycles. The van der Waals surface area contributed by atoms with E-state index in [0.717, 1.165) is 0 Å². The first-order valence-corrected chi connectivity index (χ1v) is 7.68. The molecule has 2 aliphatic rings. The zero-order valence-corrected chi connectivity index (χ0v) is 11.9. The van der Waals surface area contributed by atoms with E-state index < -0.39 is 10.2 Å². The SMILES string of the molecule is CN1c2cnc(Cl)nc2N(C2CCOCC2)S1(=O)=O. The summed E-state index contributed by atoms with van der Waals surface area (Å²) in [7, 11) is -2.10. The number of anilines is 2. The van der Waals surface area contributed by atoms with Crippen LogP contribution in [0.5, 0.6) is 0 Å². The summed E-state index contributed by atoms with van der Waals surface area (Å²) in [5, 5.41) is 0.0429. The van der Waals surface area contributed by atoms with Crippen LogP contribution in [0.1, 0.15) is 12.8 Å². The Morgan fingerprint density at radius 1 is 1.42 bits per heavy atom. The van der Waals surface area contributed by atoms with Crippen LogP contribution < -0.4 is 8.61 Å². The van der Waals surface area contributed by atoms with Crippen molar-refractivity contribution in [1.82, 2.24) is 9.97 Å². The molecular formula is C10H13ClN4O3S. The van der Waals surface area contributed by atoms with E-state index >= 15 is 0 Å². The molecule has 9 heteroatoms. The number of hydrogen-bond donors (Lipinski definition) is 0. The van der Waals surface area contributed by atoms with Crippen molar-refractivity contribution in [3.63, 3.8) is 0 Å². The highest BCUT2D eigenvalue weighted by Crippen LogP contribution is 2.41. The third-order valence-corrected chi connectivity index (χ3v) is 5.42. The highest BCUT2D eigenvalue weighted by Gasteiger charge is 2.44. The Balaban J connectivity index is 2.10. The van der Waals surface area contributed by atoms with Crippen molar-refractivity contribution in [3.8, 4) is 0 Å². The van der Waals surface area contributed by atoms with E-state index in [-0.39, 0.29) is 11.3 Å². The molecule has 1 fully saturated rings. The summed E-state index contributed by atoms with van der Waals surface area (Å²) in [6.45, 7) is 1.10. The second-order valence-electron chi connectivity index (χ2n) is 4.46. The number of aromatic nitrogens is 2. The van der Waals surface area contributed by atoms with Crippen LogP contribution in [-0.2, 0) is 14.9 Å². The standard InChI is InChI=1S/C10H13ClN4O3S/c1-14-8-6-12-10(11)13-9(8)15(19(14,16)17)7-2-4-18-5-3-7/h6-7H,2-5H2,1H3. The van der Waals surface area contributed by atoms with Crippen molar-refractivity contribution in [2.24, 2.45) is 0 Å². The van der Waals surface area contributed by atoms with E-state index in [0.29, 0.717) is 37.6 Å². The zero-order chi connectivity index (χ0) is 13.6. The predicted octanol–water partition coefficient (Wildman–Crippen LogP) is 0.810. The van der Waals surface area contributed by atoms with Crippen LogP contribution in [0.2, 0.25) is 5.28 Å². The van der Waals surface area contributed by atoms with Crippen LogP contribution >= 0.6 is 11.6 Å². The van der Waals surface area contributed by atoms with Gasteiger partial charge in [-0.2, -0.15) is 13.4 Å². The Bertz CT molecular complexity index is 603. The van der Waals surface area contributed by atoms with Crippen LogP contribution in [0.4, 0.5) is 11.5 Å². The number of rotatable bonds is 1. The van der Waals surface area contributed by atoms with Crippen molar-refractivity contribution in [1.29, 1.82) is 0 Å². The average molecular weight is 305 g/mol. The fourth-order valence-corrected chi connectivity index (χ4v) is 4.09. The Kier molecular flexibility index (Phi) is 3.03. The number of nitrogens with zero attached hydrogens (tertiary/aromatic N) is 4. The monoisotopic (exact) mass is 304 g/mol. The van der Waals surface area contributed by atoms with Crippen LogP contribution in [0, 0.1) is 0 Å². The molecule has 0 atom stereocenters. The molecule has 1 aromatic heterocycles. The fraction of sp³-hybridized carbons (Fsp3) is 0.600. The van der Waals surface area contributed by atoms with E-state index in [2.05, 4.69) is 9.97 Å². The largest absolute Gasteiger partial charge is 0.381 e. The summed E-state index contributed by atoms with van der Waals surface area (Å²) in [6, 6.07) is -0.145. The lowest BCUT2D eigenvalue weighted by molar-refractivity contribution is 0.0875. The third kappa shape index (κ3) is 1.94. The molecule has 0 spiro atoms. The lowest BCUT2D eigenvalue weighted by Crippen LogP contribution is -2.45. The van der Waals surface area contributed by atoms with Gasteiger partial charge in [0.15, 0.2) is 5.82 Å². The molecule has 19 heavy (non-hydrogen) atoms. The van der Waals surface area contributed by atoms with Gasteiger partial charge in [0.25, 0.3) is 0 Å². The van der Waals surface area contributed by atoms with Gasteiger partial charge in [0.05, 0.1) is 12.2 Å². The number of fused-ring (bicyclic) bond motifs is 1. The minimum absolute atomic E-state index is 0.0429. The van der Waals surface area contributed by atoms with E-state index in [9.17, 15) is 8.42 Å². The van der Waals surface area contributed by atoms with Gasteiger partial charge in [-0.15, -0.1) is 0 Å². The molecule has 0 unspecified atom stereocenters. The van der Waals surface area contributed by atoms with Crippen LogP contribution in [0.3, 0.4) is 0 Å². The summed E-state index contributed by atoms with van der Waals surface area (Å²) in [6.07, 6.45) is 2.73. The molecule has 0 radical (unpaired) electrons. The maximum absolute atomic E-state index is 12.5. The van der Waals surface area contributed by atoms with Crippen LogP contribution in [-0.4, -0.2) is 44.7 Å². The molecule has 3 rings (SSSR count). The summed E-state index contributed by atoms with van der Waals surface area (Å²) < 4.78 is 32.7. The molecule has 1 aromatic rings. The Morgan fingerprint density at radius 3 is 2.79 bits per heavy atom. The number of ether oxygens (including phenoxy) is 1. The second kappa shape index (κ2) is 4.46. The minimum Gasteiger partial charge on any atom is -0.381 e. The Labute approximate surface area is 116 Å². The third-order valence-electron chi connectivity index (χ3n) is 3.39. The lowest BCUT2D eigenvalue weighted by Gasteiger charge is -2.30. The normalized spacial score (nSPS) is 22.6. The van der Waals surface area contributed by atoms with Crippen molar-refractivity contribution in [3.05, 3.63) is 11.5 Å². The first-order valence-electron chi connectivity index (χ1n) is 5.90. The van der Waals surface area contributed by atoms with E-state index in [1.54, 1.807) is 0 Å². The maximum Gasteiger partial charge on any atom is 0.327 e. The molecular weight excluding hydrogens is 292 g/mol. The number of halogens is 1. The van der Waals surface area contributed by atoms with E-state index in [4.69, 9.17) is 16.3 Å². The van der Waals surface area contributed by atoms with Crippen molar-refractivity contribution in [2.45, 2.75) is 18.9 Å². The van der Waals surface area contributed by atoms with E-state index in [1.165, 1.54) is 21.9 Å². The van der Waals surface area contributed by atoms with Crippen LogP contribution in [0.25, 0.3) is 0 Å². The van der Waals surface area contributed by atoms with Gasteiger partial charge in [-0.1, -0.05) is 0 Å². The molecule has 1 saturated heterocycles. The molecule has 3 heterocycles. The molecule has 0 aromatic carbocycles. The van der Waals surface area contributed by atoms with Gasteiger partial charge >= 0.3 is 10.2 Å². The summed E-state index contributed by atoms with van der Waals surface area (Å²) in [5.74, 6) is 0.356. The second-order valence-corrected chi connectivity index (χ2v) is 6.64. The summed E-state index contributed by atoms with van der Waals surface area (Å²) in [5.41, 5.74) is 0.455. The van der Waals surface area contributed by atoms with E-state index in [1.807, 2.05) is 0 Å². The molecule has 0 amide bonds. The summed E-state index contributed by atoms with van der Waals surface area (Å²) in [4.78, 5) is 7.92. The van der Waals surface area contributed by atoms with Gasteiger partial charge in [0.1, 0.15) is 5.69 Å². The average Bonchev–Trinajstić information content (AvgIpc) is 2.58. The summed E-state index contributed by atoms with van der Waals surface area (Å²) >= 11 is 5.78. The van der Waals surface area contributed by atoms with Crippen LogP contribution in [0.15, 0.2) is 6.20 Å². The first-order chi connectivity index (χ1) is 9.01. The number of hydrogen-bond acceptors (Lipinski definition) is 5. The zero-order valence-electron chi connectivity index (χ0n) is 10.3. The van der Waals surface area contributed by atoms with Gasteiger partial charge in [-0.05, 0) is 24.4 Å². The van der Waals surface area contributed by atoms with Gasteiger partial charge in [-0.25, -0.2) is 9.29 Å². The quantitative estimate of drug-likeness (QED) is 0.718. The lowest BCUT2D eigenvalue weighted by atomic mass is 10.1. The molecule has 0 saturated carbocycles.